The van der Waals surface area contributed by atoms with Gasteiger partial charge in [-0.05, 0) is 135 Å². The highest BCUT2D eigenvalue weighted by atomic mass is 14.8. The van der Waals surface area contributed by atoms with Crippen molar-refractivity contribution >= 4 is 0 Å². The van der Waals surface area contributed by atoms with Gasteiger partial charge in [0.05, 0.1) is 0 Å². The first-order chi connectivity index (χ1) is 22.6. The predicted octanol–water partition coefficient (Wildman–Crippen LogP) is 15.8. The predicted molar refractivity (Wildman–Crippen MR) is 220 cm³/mol. The summed E-state index contributed by atoms with van der Waals surface area (Å²) in [5.74, 6) is 8.08. The Morgan fingerprint density at radius 3 is 1.77 bits per heavy atom. The minimum atomic E-state index is 0. The molecule has 1 N–H and O–H groups in total. The number of fused-ring (bicyclic) bond motifs is 5. The SMILES string of the molecule is CC.CC.CC(C)CCCC(C)C1CCC2C3CCC4C[C@@H](C)CC[C@]4(C)C3CC[C@]12C.CCCCC.CCCCCNCCCC.[HH]. The van der Waals surface area contributed by atoms with Gasteiger partial charge in [-0.2, -0.15) is 0 Å². The van der Waals surface area contributed by atoms with Crippen LogP contribution in [0.5, 0.6) is 0 Å². The average Bonchev–Trinajstić information content (AvgIpc) is 3.43. The summed E-state index contributed by atoms with van der Waals surface area (Å²) in [6, 6.07) is 0. The molecular formula is C46H97N. The van der Waals surface area contributed by atoms with E-state index in [4.69, 9.17) is 0 Å². The molecule has 6 unspecified atom stereocenters. The fourth-order valence-corrected chi connectivity index (χ4v) is 10.8. The first-order valence-electron chi connectivity index (χ1n) is 22.3. The van der Waals surface area contributed by atoms with E-state index in [-0.39, 0.29) is 1.43 Å². The zero-order valence-electron chi connectivity index (χ0n) is 35.7. The van der Waals surface area contributed by atoms with E-state index >= 15 is 0 Å². The summed E-state index contributed by atoms with van der Waals surface area (Å²) in [4.78, 5) is 0. The summed E-state index contributed by atoms with van der Waals surface area (Å²) in [7, 11) is 0. The lowest BCUT2D eigenvalue weighted by Gasteiger charge is -2.61. The van der Waals surface area contributed by atoms with Crippen molar-refractivity contribution in [2.75, 3.05) is 13.1 Å². The van der Waals surface area contributed by atoms with Crippen LogP contribution in [0.2, 0.25) is 0 Å². The van der Waals surface area contributed by atoms with Gasteiger partial charge in [0.25, 0.3) is 0 Å². The third-order valence-corrected chi connectivity index (χ3v) is 13.5. The average molecular weight is 664 g/mol. The summed E-state index contributed by atoms with van der Waals surface area (Å²) >= 11 is 0. The second kappa shape index (κ2) is 26.7. The van der Waals surface area contributed by atoms with E-state index in [1.54, 1.807) is 44.9 Å². The van der Waals surface area contributed by atoms with E-state index in [9.17, 15) is 0 Å². The molecule has 0 aromatic carbocycles. The van der Waals surface area contributed by atoms with E-state index < -0.39 is 0 Å². The van der Waals surface area contributed by atoms with Crippen LogP contribution in [0.15, 0.2) is 0 Å². The molecule has 1 heteroatoms. The van der Waals surface area contributed by atoms with Crippen molar-refractivity contribution in [1.29, 1.82) is 0 Å². The molecule has 4 fully saturated rings. The fourth-order valence-electron chi connectivity index (χ4n) is 10.8. The summed E-state index contributed by atoms with van der Waals surface area (Å²) in [6.45, 7) is 34.7. The normalized spacial score (nSPS) is 32.7. The van der Waals surface area contributed by atoms with E-state index in [0.29, 0.717) is 10.8 Å². The minimum absolute atomic E-state index is 0. The van der Waals surface area contributed by atoms with Gasteiger partial charge in [0, 0.05) is 1.43 Å². The molecule has 0 radical (unpaired) electrons. The van der Waals surface area contributed by atoms with Crippen LogP contribution in [0.25, 0.3) is 0 Å². The van der Waals surface area contributed by atoms with Crippen molar-refractivity contribution in [2.24, 2.45) is 58.2 Å². The summed E-state index contributed by atoms with van der Waals surface area (Å²) < 4.78 is 0. The van der Waals surface area contributed by atoms with Crippen LogP contribution in [0.3, 0.4) is 0 Å². The Morgan fingerprint density at radius 2 is 1.19 bits per heavy atom. The van der Waals surface area contributed by atoms with Crippen LogP contribution < -0.4 is 5.32 Å². The Kier molecular flexibility index (Phi) is 26.7. The second-order valence-electron chi connectivity index (χ2n) is 17.2. The van der Waals surface area contributed by atoms with E-state index in [2.05, 4.69) is 74.6 Å². The van der Waals surface area contributed by atoms with Crippen molar-refractivity contribution in [2.45, 2.75) is 225 Å². The molecule has 0 aliphatic heterocycles. The van der Waals surface area contributed by atoms with Gasteiger partial charge in [-0.3, -0.25) is 0 Å². The zero-order chi connectivity index (χ0) is 35.9. The van der Waals surface area contributed by atoms with E-state index in [1.165, 1.54) is 96.6 Å². The summed E-state index contributed by atoms with van der Waals surface area (Å²) in [5, 5.41) is 3.42. The summed E-state index contributed by atoms with van der Waals surface area (Å²) in [5.41, 5.74) is 1.36. The van der Waals surface area contributed by atoms with Crippen LogP contribution in [-0.4, -0.2) is 13.1 Å². The maximum atomic E-state index is 3.42. The molecule has 0 bridgehead atoms. The zero-order valence-corrected chi connectivity index (χ0v) is 35.7. The minimum Gasteiger partial charge on any atom is -0.317 e. The van der Waals surface area contributed by atoms with Gasteiger partial charge in [0.15, 0.2) is 0 Å². The molecule has 0 heterocycles. The van der Waals surface area contributed by atoms with Crippen LogP contribution in [0.1, 0.15) is 227 Å². The largest absolute Gasteiger partial charge is 0.317 e. The molecule has 1 nitrogen and oxygen atoms in total. The van der Waals surface area contributed by atoms with Crippen LogP contribution in [-0.2, 0) is 0 Å². The van der Waals surface area contributed by atoms with E-state index in [1.807, 2.05) is 27.7 Å². The standard InChI is InChI=1S/C28H50.C9H21N.C5H12.2C2H6.H2/c1-19(2)8-7-9-21(4)24-12-13-25-23-11-10-22-18-20(3)14-16-27(22,5)26(23)15-17-28(24,25)6;1-3-5-7-9-10-8-6-4-2;1-3-5-4-2;2*1-2;/h19-26H,7-18H2,1-6H3;10H,3-9H2,1-2H3;3-5H2,1-2H3;2*1-2H3;1H/t20-,21?,22?,23?,24?,25?,26?,27-,28+;;;;;/m0...../s1. The molecule has 4 rings (SSSR count). The number of unbranched alkanes of at least 4 members (excludes halogenated alkanes) is 5. The first kappa shape index (κ1) is 47.0. The number of hydrogen-bond acceptors (Lipinski definition) is 1. The number of hydrogen-bond donors (Lipinski definition) is 1. The highest BCUT2D eigenvalue weighted by Crippen LogP contribution is 2.68. The van der Waals surface area contributed by atoms with Crippen LogP contribution in [0, 0.1) is 58.2 Å². The van der Waals surface area contributed by atoms with Crippen molar-refractivity contribution in [3.63, 3.8) is 0 Å². The lowest BCUT2D eigenvalue weighted by atomic mass is 9.44. The molecule has 0 aromatic heterocycles. The van der Waals surface area contributed by atoms with Crippen LogP contribution in [0.4, 0.5) is 0 Å². The Hall–Kier alpha value is -0.0400. The van der Waals surface area contributed by atoms with Gasteiger partial charge in [-0.15, -0.1) is 0 Å². The molecule has 4 aliphatic carbocycles. The van der Waals surface area contributed by atoms with Gasteiger partial charge in [-0.1, -0.05) is 161 Å². The van der Waals surface area contributed by atoms with Gasteiger partial charge in [-0.25, -0.2) is 0 Å². The van der Waals surface area contributed by atoms with Crippen molar-refractivity contribution in [3.8, 4) is 0 Å². The number of rotatable bonds is 14. The van der Waals surface area contributed by atoms with Crippen molar-refractivity contribution in [1.82, 2.24) is 5.32 Å². The molecule has 0 saturated heterocycles. The smallest absolute Gasteiger partial charge is 0 e. The van der Waals surface area contributed by atoms with Gasteiger partial charge >= 0.3 is 0 Å². The maximum absolute atomic E-state index is 3.42. The molecule has 47 heavy (non-hydrogen) atoms. The highest BCUT2D eigenvalue weighted by Gasteiger charge is 2.60. The third kappa shape index (κ3) is 15.0. The molecule has 4 aliphatic rings. The quantitative estimate of drug-likeness (QED) is 0.182. The van der Waals surface area contributed by atoms with E-state index in [0.717, 1.165) is 47.3 Å². The number of nitrogens with one attached hydrogen (secondary N) is 1. The van der Waals surface area contributed by atoms with Crippen molar-refractivity contribution < 1.29 is 1.43 Å². The Labute approximate surface area is 302 Å². The monoisotopic (exact) mass is 664 g/mol. The van der Waals surface area contributed by atoms with Crippen molar-refractivity contribution in [3.05, 3.63) is 0 Å². The topological polar surface area (TPSA) is 12.0 Å². The third-order valence-electron chi connectivity index (χ3n) is 13.5. The van der Waals surface area contributed by atoms with Gasteiger partial charge in [0.1, 0.15) is 0 Å². The first-order valence-corrected chi connectivity index (χ1v) is 22.3. The molecule has 9 atom stereocenters. The lowest BCUT2D eigenvalue weighted by Crippen LogP contribution is -2.53. The lowest BCUT2D eigenvalue weighted by molar-refractivity contribution is -0.120. The maximum Gasteiger partial charge on any atom is 0 e. The molecule has 0 spiro atoms. The highest BCUT2D eigenvalue weighted by molar-refractivity contribution is 5.09. The summed E-state index contributed by atoms with van der Waals surface area (Å²) in [6.07, 6.45) is 29.1. The Balaban J connectivity index is 0. The fraction of sp³-hybridized carbons (Fsp3) is 1.00. The molecule has 286 valence electrons. The van der Waals surface area contributed by atoms with Gasteiger partial charge < -0.3 is 5.32 Å². The Bertz CT molecular complexity index is 696. The second-order valence-corrected chi connectivity index (χ2v) is 17.2. The molecular weight excluding hydrogens is 567 g/mol. The molecule has 0 aromatic rings. The molecule has 0 amide bonds. The van der Waals surface area contributed by atoms with Crippen LogP contribution >= 0.6 is 0 Å². The Morgan fingerprint density at radius 1 is 0.617 bits per heavy atom. The van der Waals surface area contributed by atoms with Gasteiger partial charge in [0.2, 0.25) is 0 Å². The molecule has 4 saturated carbocycles.